The van der Waals surface area contributed by atoms with Crippen molar-refractivity contribution in [3.8, 4) is 11.4 Å². The molecule has 1 amide bonds. The van der Waals surface area contributed by atoms with Crippen molar-refractivity contribution in [3.63, 3.8) is 0 Å². The van der Waals surface area contributed by atoms with Crippen LogP contribution in [-0.4, -0.2) is 38.3 Å². The molecule has 4 aromatic rings. The lowest BCUT2D eigenvalue weighted by Crippen LogP contribution is -2.39. The number of ether oxygens (including phenoxy) is 1. The summed E-state index contributed by atoms with van der Waals surface area (Å²) in [5, 5.41) is 5.13. The molecule has 0 spiro atoms. The van der Waals surface area contributed by atoms with Gasteiger partial charge in [-0.2, -0.15) is 5.10 Å². The zero-order valence-corrected chi connectivity index (χ0v) is 25.4. The highest BCUT2D eigenvalue weighted by Crippen LogP contribution is 2.27. The number of aromatic nitrogens is 1. The third-order valence-electron chi connectivity index (χ3n) is 6.30. The first kappa shape index (κ1) is 30.2. The zero-order valence-electron chi connectivity index (χ0n) is 23.1. The number of sulfonamides is 1. The maximum Gasteiger partial charge on any atom is 0.264 e. The summed E-state index contributed by atoms with van der Waals surface area (Å²) < 4.78 is 35.7. The summed E-state index contributed by atoms with van der Waals surface area (Å²) in [4.78, 5) is 13.1. The Labute approximate surface area is 250 Å². The molecule has 0 aliphatic rings. The molecule has 0 aliphatic heterocycles. The van der Waals surface area contributed by atoms with Crippen molar-refractivity contribution in [2.75, 3.05) is 17.5 Å². The number of hydrogen-bond donors (Lipinski definition) is 1. The van der Waals surface area contributed by atoms with E-state index in [0.717, 1.165) is 32.5 Å². The Balaban J connectivity index is 1.56. The van der Waals surface area contributed by atoms with Crippen LogP contribution in [0.5, 0.6) is 5.75 Å². The van der Waals surface area contributed by atoms with Gasteiger partial charge in [-0.05, 0) is 88.4 Å². The van der Waals surface area contributed by atoms with Gasteiger partial charge in [0.05, 0.1) is 23.4 Å². The summed E-state index contributed by atoms with van der Waals surface area (Å²) in [6, 6.07) is 20.2. The summed E-state index contributed by atoms with van der Waals surface area (Å²) in [7, 11) is -4.06. The van der Waals surface area contributed by atoms with Gasteiger partial charge in [0, 0.05) is 32.7 Å². The van der Waals surface area contributed by atoms with E-state index < -0.39 is 22.5 Å². The molecule has 8 nitrogen and oxygen atoms in total. The third-order valence-corrected chi connectivity index (χ3v) is 8.53. The quantitative estimate of drug-likeness (QED) is 0.164. The largest absolute Gasteiger partial charge is 0.494 e. The Morgan fingerprint density at radius 1 is 0.976 bits per heavy atom. The highest BCUT2D eigenvalue weighted by atomic mass is 35.5. The lowest BCUT2D eigenvalue weighted by Gasteiger charge is -2.24. The van der Waals surface area contributed by atoms with Crippen LogP contribution in [-0.2, 0) is 14.8 Å². The molecule has 0 bridgehead atoms. The minimum Gasteiger partial charge on any atom is -0.494 e. The summed E-state index contributed by atoms with van der Waals surface area (Å²) in [5.74, 6) is -0.0168. The molecule has 0 atom stereocenters. The maximum absolute atomic E-state index is 13.6. The monoisotopic (exact) mass is 612 g/mol. The van der Waals surface area contributed by atoms with Gasteiger partial charge in [0.25, 0.3) is 15.9 Å². The number of nitrogens with one attached hydrogen (secondary N) is 1. The van der Waals surface area contributed by atoms with Crippen molar-refractivity contribution >= 4 is 51.0 Å². The van der Waals surface area contributed by atoms with Crippen LogP contribution in [0, 0.1) is 20.8 Å². The minimum atomic E-state index is -4.06. The van der Waals surface area contributed by atoms with E-state index in [1.165, 1.54) is 18.3 Å². The summed E-state index contributed by atoms with van der Waals surface area (Å²) >= 11 is 12.4. The molecular formula is C30H30Cl2N4O4S. The fourth-order valence-corrected chi connectivity index (χ4v) is 6.29. The Morgan fingerprint density at radius 2 is 1.61 bits per heavy atom. The minimum absolute atomic E-state index is 0.0712. The van der Waals surface area contributed by atoms with Crippen LogP contribution >= 0.6 is 23.2 Å². The molecule has 0 fully saturated rings. The van der Waals surface area contributed by atoms with Crippen molar-refractivity contribution in [1.82, 2.24) is 9.99 Å². The van der Waals surface area contributed by atoms with E-state index in [2.05, 4.69) is 10.5 Å². The number of rotatable bonds is 10. The van der Waals surface area contributed by atoms with Crippen molar-refractivity contribution in [3.05, 3.63) is 105 Å². The molecule has 1 N–H and O–H groups in total. The number of carbonyl (C=O) groups excluding carboxylic acids is 1. The molecule has 0 aliphatic carbocycles. The van der Waals surface area contributed by atoms with Gasteiger partial charge in [0.1, 0.15) is 12.3 Å². The van der Waals surface area contributed by atoms with Gasteiger partial charge in [0.2, 0.25) is 0 Å². The summed E-state index contributed by atoms with van der Waals surface area (Å²) in [5.41, 5.74) is 7.03. The van der Waals surface area contributed by atoms with Crippen molar-refractivity contribution in [1.29, 1.82) is 0 Å². The van der Waals surface area contributed by atoms with Gasteiger partial charge in [-0.3, -0.25) is 9.10 Å². The molecule has 1 heterocycles. The van der Waals surface area contributed by atoms with Crippen molar-refractivity contribution in [2.45, 2.75) is 32.6 Å². The van der Waals surface area contributed by atoms with Crippen molar-refractivity contribution in [2.24, 2.45) is 5.10 Å². The van der Waals surface area contributed by atoms with Crippen LogP contribution in [0.25, 0.3) is 5.69 Å². The zero-order chi connectivity index (χ0) is 29.7. The van der Waals surface area contributed by atoms with Gasteiger partial charge in [-0.1, -0.05) is 40.9 Å². The molecule has 1 aromatic heterocycles. The van der Waals surface area contributed by atoms with Crippen LogP contribution in [0.4, 0.5) is 5.69 Å². The van der Waals surface area contributed by atoms with Crippen LogP contribution in [0.3, 0.4) is 0 Å². The smallest absolute Gasteiger partial charge is 0.264 e. The van der Waals surface area contributed by atoms with Crippen molar-refractivity contribution < 1.29 is 17.9 Å². The molecule has 0 saturated carbocycles. The number of anilines is 1. The Kier molecular flexibility index (Phi) is 9.42. The number of benzene rings is 3. The van der Waals surface area contributed by atoms with E-state index in [4.69, 9.17) is 27.9 Å². The number of hydrazone groups is 1. The van der Waals surface area contributed by atoms with Gasteiger partial charge < -0.3 is 9.30 Å². The first-order valence-electron chi connectivity index (χ1n) is 12.8. The molecule has 0 saturated heterocycles. The predicted octanol–water partition coefficient (Wildman–Crippen LogP) is 6.45. The molecule has 0 radical (unpaired) electrons. The van der Waals surface area contributed by atoms with Crippen LogP contribution in [0.2, 0.25) is 10.0 Å². The second-order valence-electron chi connectivity index (χ2n) is 9.33. The third kappa shape index (κ3) is 7.11. The predicted molar refractivity (Wildman–Crippen MR) is 164 cm³/mol. The SMILES string of the molecule is CCOc1ccc(N(CC(=O)N/N=C\c2cc(C)n(-c3cc(Cl)cc(Cl)c3)c2C)S(=O)(=O)c2ccc(C)cc2)cc1. The fourth-order valence-electron chi connectivity index (χ4n) is 4.35. The van der Waals surface area contributed by atoms with E-state index in [0.29, 0.717) is 28.1 Å². The van der Waals surface area contributed by atoms with Gasteiger partial charge >= 0.3 is 0 Å². The number of nitrogens with zero attached hydrogens (tertiary/aromatic N) is 3. The molecule has 4 rings (SSSR count). The summed E-state index contributed by atoms with van der Waals surface area (Å²) in [6.45, 7) is 7.56. The van der Waals surface area contributed by atoms with E-state index in [9.17, 15) is 13.2 Å². The van der Waals surface area contributed by atoms with E-state index in [1.807, 2.05) is 38.3 Å². The van der Waals surface area contributed by atoms with Gasteiger partial charge in [-0.25, -0.2) is 13.8 Å². The fraction of sp³-hybridized carbons (Fsp3) is 0.200. The normalized spacial score (nSPS) is 11.6. The second-order valence-corrected chi connectivity index (χ2v) is 12.1. The standard InChI is InChI=1S/C30H30Cl2N4O4S/c1-5-40-28-10-8-26(9-11-28)35(41(38,39)29-12-6-20(2)7-13-29)19-30(37)34-33-18-23-14-21(3)36(22(23)4)27-16-24(31)15-25(32)17-27/h6-18H,5,19H2,1-4H3,(H,34,37)/b33-18-. The number of halogens is 2. The number of hydrogen-bond acceptors (Lipinski definition) is 5. The Morgan fingerprint density at radius 3 is 2.22 bits per heavy atom. The molecule has 41 heavy (non-hydrogen) atoms. The van der Waals surface area contributed by atoms with Crippen LogP contribution in [0.15, 0.2) is 82.8 Å². The number of aryl methyl sites for hydroxylation is 2. The Bertz CT molecular complexity index is 1660. The molecule has 11 heteroatoms. The highest BCUT2D eigenvalue weighted by Gasteiger charge is 2.27. The van der Waals surface area contributed by atoms with Gasteiger partial charge in [0.15, 0.2) is 0 Å². The average Bonchev–Trinajstić information content (AvgIpc) is 3.20. The molecule has 3 aromatic carbocycles. The second kappa shape index (κ2) is 12.8. The van der Waals surface area contributed by atoms with E-state index in [1.54, 1.807) is 54.6 Å². The molecule has 214 valence electrons. The first-order valence-corrected chi connectivity index (χ1v) is 15.0. The lowest BCUT2D eigenvalue weighted by atomic mass is 10.2. The number of amides is 1. The molecule has 0 unspecified atom stereocenters. The summed E-state index contributed by atoms with van der Waals surface area (Å²) in [6.07, 6.45) is 1.51. The van der Waals surface area contributed by atoms with Crippen LogP contribution in [0.1, 0.15) is 29.4 Å². The lowest BCUT2D eigenvalue weighted by molar-refractivity contribution is -0.119. The first-order chi connectivity index (χ1) is 19.5. The van der Waals surface area contributed by atoms with Crippen LogP contribution < -0.4 is 14.5 Å². The topological polar surface area (TPSA) is 93.0 Å². The molecular weight excluding hydrogens is 583 g/mol. The van der Waals surface area contributed by atoms with Gasteiger partial charge in [-0.15, -0.1) is 0 Å². The number of carbonyl (C=O) groups is 1. The maximum atomic E-state index is 13.6. The average molecular weight is 614 g/mol. The van der Waals surface area contributed by atoms with E-state index >= 15 is 0 Å². The highest BCUT2D eigenvalue weighted by molar-refractivity contribution is 7.92. The Hall–Kier alpha value is -3.79. The van der Waals surface area contributed by atoms with E-state index in [-0.39, 0.29) is 4.90 Å².